The zero-order chi connectivity index (χ0) is 25.9. The lowest BCUT2D eigenvalue weighted by atomic mass is 9.97. The molecule has 1 aliphatic heterocycles. The van der Waals surface area contributed by atoms with Gasteiger partial charge in [-0.15, -0.1) is 0 Å². The lowest BCUT2D eigenvalue weighted by molar-refractivity contribution is -0.143. The van der Waals surface area contributed by atoms with Crippen LogP contribution in [0.3, 0.4) is 0 Å². The van der Waals surface area contributed by atoms with Gasteiger partial charge in [-0.1, -0.05) is 28.9 Å². The number of anilines is 1. The molecule has 1 amide bonds. The van der Waals surface area contributed by atoms with E-state index in [2.05, 4.69) is 21.2 Å². The van der Waals surface area contributed by atoms with Crippen molar-refractivity contribution < 1.29 is 41.0 Å². The number of hydrogen-bond donors (Lipinski definition) is 2. The maximum absolute atomic E-state index is 14.6. The molecular weight excluding hydrogens is 543 g/mol. The summed E-state index contributed by atoms with van der Waals surface area (Å²) in [5.74, 6) is -4.87. The summed E-state index contributed by atoms with van der Waals surface area (Å²) in [5.41, 5.74) is 0.881. The SMILES string of the molecule is CC[C@@H](Nc1cc(F)c(C(=O)N[C@@H](Cc2ccc(Br)c3c2COC3)C(=O)OC)c(F)c1)C(F)(F)F. The summed E-state index contributed by atoms with van der Waals surface area (Å²) >= 11 is 3.42. The van der Waals surface area contributed by atoms with E-state index in [1.54, 1.807) is 12.1 Å². The molecule has 12 heteroatoms. The monoisotopic (exact) mass is 564 g/mol. The highest BCUT2D eigenvalue weighted by molar-refractivity contribution is 9.10. The maximum Gasteiger partial charge on any atom is 0.408 e. The Labute approximate surface area is 206 Å². The summed E-state index contributed by atoms with van der Waals surface area (Å²) in [6, 6.07) is 1.36. The van der Waals surface area contributed by atoms with E-state index >= 15 is 0 Å². The standard InChI is InChI=1S/C23H22BrF5N2O4/c1-3-19(23(27,28)29)30-12-7-16(25)20(17(26)8-12)21(32)31-18(22(33)34-2)6-11-4-5-15(24)14-10-35-9-13(11)14/h4-5,7-8,18-19,30H,3,6,9-10H2,1-2H3,(H,31,32)/t18-,19+/m0/s1. The van der Waals surface area contributed by atoms with Crippen LogP contribution in [0.25, 0.3) is 0 Å². The van der Waals surface area contributed by atoms with Crippen molar-refractivity contribution in [3.8, 4) is 0 Å². The number of amides is 1. The summed E-state index contributed by atoms with van der Waals surface area (Å²) in [5, 5.41) is 4.29. The first kappa shape index (κ1) is 26.9. The third kappa shape index (κ3) is 6.10. The highest BCUT2D eigenvalue weighted by Crippen LogP contribution is 2.31. The second-order valence-electron chi connectivity index (χ2n) is 7.87. The predicted molar refractivity (Wildman–Crippen MR) is 120 cm³/mol. The Bertz CT molecular complexity index is 1100. The van der Waals surface area contributed by atoms with E-state index in [1.165, 1.54) is 6.92 Å². The fourth-order valence-electron chi connectivity index (χ4n) is 3.77. The van der Waals surface area contributed by atoms with Crippen LogP contribution in [0.1, 0.15) is 40.4 Å². The van der Waals surface area contributed by atoms with Gasteiger partial charge in [-0.3, -0.25) is 4.79 Å². The van der Waals surface area contributed by atoms with Gasteiger partial charge in [0.05, 0.1) is 20.3 Å². The first-order valence-corrected chi connectivity index (χ1v) is 11.3. The van der Waals surface area contributed by atoms with Crippen LogP contribution in [-0.4, -0.2) is 37.2 Å². The smallest absolute Gasteiger partial charge is 0.408 e. The van der Waals surface area contributed by atoms with E-state index in [0.717, 1.165) is 22.7 Å². The number of carbonyl (C=O) groups excluding carboxylic acids is 2. The topological polar surface area (TPSA) is 76.7 Å². The zero-order valence-electron chi connectivity index (χ0n) is 18.7. The Morgan fingerprint density at radius 2 is 1.77 bits per heavy atom. The molecule has 0 spiro atoms. The van der Waals surface area contributed by atoms with Crippen molar-refractivity contribution in [2.24, 2.45) is 0 Å². The highest BCUT2D eigenvalue weighted by atomic mass is 79.9. The van der Waals surface area contributed by atoms with E-state index in [-0.39, 0.29) is 12.8 Å². The average molecular weight is 565 g/mol. The zero-order valence-corrected chi connectivity index (χ0v) is 20.3. The number of ether oxygens (including phenoxy) is 2. The first-order chi connectivity index (χ1) is 16.5. The molecule has 3 rings (SSSR count). The number of carbonyl (C=O) groups is 2. The molecular formula is C23H22BrF5N2O4. The minimum atomic E-state index is -4.64. The van der Waals surface area contributed by atoms with Gasteiger partial charge in [0.2, 0.25) is 0 Å². The van der Waals surface area contributed by atoms with Crippen molar-refractivity contribution in [3.63, 3.8) is 0 Å². The molecule has 2 N–H and O–H groups in total. The number of alkyl halides is 3. The van der Waals surface area contributed by atoms with E-state index in [1.807, 2.05) is 5.32 Å². The molecule has 0 fully saturated rings. The molecule has 2 aromatic carbocycles. The third-order valence-electron chi connectivity index (χ3n) is 5.59. The van der Waals surface area contributed by atoms with Gasteiger partial charge < -0.3 is 20.1 Å². The van der Waals surface area contributed by atoms with E-state index in [9.17, 15) is 31.5 Å². The van der Waals surface area contributed by atoms with Crippen LogP contribution in [-0.2, 0) is 33.9 Å². The molecule has 0 unspecified atom stereocenters. The van der Waals surface area contributed by atoms with Crippen molar-refractivity contribution in [1.82, 2.24) is 5.32 Å². The number of esters is 1. The van der Waals surface area contributed by atoms with Gasteiger partial charge in [-0.05, 0) is 41.3 Å². The molecule has 2 aromatic rings. The van der Waals surface area contributed by atoms with Crippen molar-refractivity contribution >= 4 is 33.5 Å². The summed E-state index contributed by atoms with van der Waals surface area (Å²) in [6.07, 6.45) is -5.05. The number of halogens is 6. The van der Waals surface area contributed by atoms with Crippen LogP contribution in [0, 0.1) is 11.6 Å². The van der Waals surface area contributed by atoms with Crippen LogP contribution < -0.4 is 10.6 Å². The fourth-order valence-corrected chi connectivity index (χ4v) is 4.26. The summed E-state index contributed by atoms with van der Waals surface area (Å²) in [7, 11) is 1.10. The Kier molecular flexibility index (Phi) is 8.37. The largest absolute Gasteiger partial charge is 0.467 e. The van der Waals surface area contributed by atoms with Gasteiger partial charge >= 0.3 is 12.1 Å². The Morgan fingerprint density at radius 1 is 1.14 bits per heavy atom. The van der Waals surface area contributed by atoms with Gasteiger partial charge in [0.15, 0.2) is 0 Å². The maximum atomic E-state index is 14.6. The van der Waals surface area contributed by atoms with Crippen LogP contribution >= 0.6 is 15.9 Å². The molecule has 0 radical (unpaired) electrons. The molecule has 0 aliphatic carbocycles. The van der Waals surface area contributed by atoms with Gasteiger partial charge in [0.25, 0.3) is 5.91 Å². The molecule has 0 bridgehead atoms. The van der Waals surface area contributed by atoms with Gasteiger partial charge in [0, 0.05) is 16.6 Å². The number of nitrogens with one attached hydrogen (secondary N) is 2. The van der Waals surface area contributed by atoms with Crippen LogP contribution in [0.5, 0.6) is 0 Å². The summed E-state index contributed by atoms with van der Waals surface area (Å²) in [4.78, 5) is 25.1. The van der Waals surface area contributed by atoms with Crippen molar-refractivity contribution in [2.45, 2.75) is 51.2 Å². The minimum Gasteiger partial charge on any atom is -0.467 e. The van der Waals surface area contributed by atoms with Gasteiger partial charge in [0.1, 0.15) is 29.3 Å². The number of rotatable bonds is 8. The Hall–Kier alpha value is -2.73. The molecule has 0 saturated carbocycles. The Balaban J connectivity index is 1.83. The average Bonchev–Trinajstić information content (AvgIpc) is 3.28. The van der Waals surface area contributed by atoms with E-state index in [4.69, 9.17) is 9.47 Å². The molecule has 1 aliphatic rings. The number of methoxy groups -OCH3 is 1. The molecule has 0 aromatic heterocycles. The van der Waals surface area contributed by atoms with Crippen LogP contribution in [0.2, 0.25) is 0 Å². The molecule has 0 saturated heterocycles. The molecule has 1 heterocycles. The first-order valence-electron chi connectivity index (χ1n) is 10.5. The van der Waals surface area contributed by atoms with Crippen LogP contribution in [0.4, 0.5) is 27.6 Å². The van der Waals surface area contributed by atoms with Gasteiger partial charge in [-0.2, -0.15) is 13.2 Å². The number of benzene rings is 2. The summed E-state index contributed by atoms with van der Waals surface area (Å²) < 4.78 is 79.2. The van der Waals surface area contributed by atoms with Crippen molar-refractivity contribution in [2.75, 3.05) is 12.4 Å². The summed E-state index contributed by atoms with van der Waals surface area (Å²) in [6.45, 7) is 1.92. The molecule has 35 heavy (non-hydrogen) atoms. The van der Waals surface area contributed by atoms with E-state index in [0.29, 0.717) is 30.9 Å². The second kappa shape index (κ2) is 10.9. The molecule has 190 valence electrons. The Morgan fingerprint density at radius 3 is 2.34 bits per heavy atom. The quantitative estimate of drug-likeness (QED) is 0.347. The lowest BCUT2D eigenvalue weighted by Gasteiger charge is -2.22. The number of hydrogen-bond acceptors (Lipinski definition) is 5. The normalized spacial score (nSPS) is 14.7. The predicted octanol–water partition coefficient (Wildman–Crippen LogP) is 5.02. The second-order valence-corrected chi connectivity index (χ2v) is 8.73. The molecule has 2 atom stereocenters. The minimum absolute atomic E-state index is 0.0377. The third-order valence-corrected chi connectivity index (χ3v) is 6.34. The lowest BCUT2D eigenvalue weighted by Crippen LogP contribution is -2.43. The highest BCUT2D eigenvalue weighted by Gasteiger charge is 2.38. The van der Waals surface area contributed by atoms with E-state index < -0.39 is 53.0 Å². The fraction of sp³-hybridized carbons (Fsp3) is 0.391. The number of fused-ring (bicyclic) bond motifs is 1. The van der Waals surface area contributed by atoms with Crippen molar-refractivity contribution in [3.05, 3.63) is 62.6 Å². The van der Waals surface area contributed by atoms with Crippen LogP contribution in [0.15, 0.2) is 28.7 Å². The molecule has 6 nitrogen and oxygen atoms in total. The van der Waals surface area contributed by atoms with Gasteiger partial charge in [-0.25, -0.2) is 13.6 Å². The van der Waals surface area contributed by atoms with Crippen molar-refractivity contribution in [1.29, 1.82) is 0 Å².